The first kappa shape index (κ1) is 9.50. The second-order valence-corrected chi connectivity index (χ2v) is 5.06. The van der Waals surface area contributed by atoms with Crippen LogP contribution in [0.1, 0.15) is 19.8 Å². The van der Waals surface area contributed by atoms with Crippen molar-refractivity contribution in [3.63, 3.8) is 0 Å². The Balaban J connectivity index is 1.85. The Kier molecular flexibility index (Phi) is 2.63. The Morgan fingerprint density at radius 1 is 1.62 bits per heavy atom. The quantitative estimate of drug-likeness (QED) is 0.681. The Morgan fingerprint density at radius 3 is 2.77 bits per heavy atom. The summed E-state index contributed by atoms with van der Waals surface area (Å²) in [6.45, 7) is 4.13. The number of nitrogens with zero attached hydrogens (tertiary/aromatic N) is 1. The average molecular weight is 246 g/mol. The number of carbonyl (C=O) groups is 1. The number of hydrogen-bond donors (Lipinski definition) is 0. The van der Waals surface area contributed by atoms with E-state index in [2.05, 4.69) is 27.8 Å². The number of rotatable bonds is 2. The maximum Gasteiger partial charge on any atom is 0.225 e. The van der Waals surface area contributed by atoms with Gasteiger partial charge < -0.3 is 4.90 Å². The van der Waals surface area contributed by atoms with Crippen molar-refractivity contribution in [3.8, 4) is 0 Å². The number of likely N-dealkylation sites (tertiary alicyclic amines) is 1. The van der Waals surface area contributed by atoms with Crippen LogP contribution in [0.25, 0.3) is 0 Å². The summed E-state index contributed by atoms with van der Waals surface area (Å²) in [5, 5.41) is 1.04. The number of amides is 1. The third-order valence-electron chi connectivity index (χ3n) is 3.24. The first-order valence-corrected chi connectivity index (χ1v) is 6.19. The molecule has 0 radical (unpaired) electrons. The van der Waals surface area contributed by atoms with E-state index in [1.807, 2.05) is 0 Å². The first-order chi connectivity index (χ1) is 6.22. The second-order valence-electron chi connectivity index (χ2n) is 4.41. The summed E-state index contributed by atoms with van der Waals surface area (Å²) in [6, 6.07) is 0. The van der Waals surface area contributed by atoms with E-state index in [-0.39, 0.29) is 0 Å². The maximum absolute atomic E-state index is 11.8. The first-order valence-electron chi connectivity index (χ1n) is 5.07. The van der Waals surface area contributed by atoms with Gasteiger partial charge in [-0.3, -0.25) is 4.79 Å². The molecule has 3 unspecified atom stereocenters. The van der Waals surface area contributed by atoms with Gasteiger partial charge in [0.2, 0.25) is 5.91 Å². The molecular formula is C10H16BrNO. The smallest absolute Gasteiger partial charge is 0.225 e. The summed E-state index contributed by atoms with van der Waals surface area (Å²) in [5.41, 5.74) is 0. The van der Waals surface area contributed by atoms with Gasteiger partial charge in [0.05, 0.1) is 0 Å². The van der Waals surface area contributed by atoms with Crippen LogP contribution < -0.4 is 0 Å². The van der Waals surface area contributed by atoms with Gasteiger partial charge in [0.15, 0.2) is 0 Å². The molecule has 0 N–H and O–H groups in total. The molecule has 2 aliphatic rings. The molecule has 0 aromatic carbocycles. The number of hydrogen-bond acceptors (Lipinski definition) is 1. The molecule has 3 heteroatoms. The van der Waals surface area contributed by atoms with Crippen LogP contribution in [0.5, 0.6) is 0 Å². The van der Waals surface area contributed by atoms with Crippen LogP contribution in [0.4, 0.5) is 0 Å². The van der Waals surface area contributed by atoms with Gasteiger partial charge in [0.25, 0.3) is 0 Å². The lowest BCUT2D eigenvalue weighted by Gasteiger charge is -2.15. The van der Waals surface area contributed by atoms with Gasteiger partial charge in [-0.05, 0) is 24.7 Å². The SMILES string of the molecule is CC1CC1C(=O)N1CCC(CBr)C1. The fourth-order valence-corrected chi connectivity index (χ4v) is 2.59. The highest BCUT2D eigenvalue weighted by Crippen LogP contribution is 2.40. The molecule has 2 rings (SSSR count). The predicted octanol–water partition coefficient (Wildman–Crippen LogP) is 1.89. The van der Waals surface area contributed by atoms with Crippen LogP contribution in [-0.2, 0) is 4.79 Å². The summed E-state index contributed by atoms with van der Waals surface area (Å²) >= 11 is 3.48. The normalized spacial score (nSPS) is 38.0. The van der Waals surface area contributed by atoms with Gasteiger partial charge in [-0.15, -0.1) is 0 Å². The molecule has 1 saturated heterocycles. The lowest BCUT2D eigenvalue weighted by Crippen LogP contribution is -2.30. The molecule has 1 aliphatic heterocycles. The lowest BCUT2D eigenvalue weighted by molar-refractivity contribution is -0.131. The van der Waals surface area contributed by atoms with Gasteiger partial charge in [-0.25, -0.2) is 0 Å². The fraction of sp³-hybridized carbons (Fsp3) is 0.900. The molecule has 2 fully saturated rings. The molecule has 74 valence electrons. The Bertz CT molecular complexity index is 219. The van der Waals surface area contributed by atoms with Crippen LogP contribution in [0.15, 0.2) is 0 Å². The van der Waals surface area contributed by atoms with E-state index in [1.54, 1.807) is 0 Å². The molecule has 0 aromatic rings. The van der Waals surface area contributed by atoms with E-state index in [9.17, 15) is 4.79 Å². The van der Waals surface area contributed by atoms with E-state index in [1.165, 1.54) is 6.42 Å². The molecular weight excluding hydrogens is 230 g/mol. The number of alkyl halides is 1. The van der Waals surface area contributed by atoms with E-state index >= 15 is 0 Å². The zero-order valence-corrected chi connectivity index (χ0v) is 9.59. The van der Waals surface area contributed by atoms with Gasteiger partial charge in [0, 0.05) is 24.3 Å². The minimum Gasteiger partial charge on any atom is -0.342 e. The Labute approximate surface area is 87.8 Å². The molecule has 2 nitrogen and oxygen atoms in total. The highest BCUT2D eigenvalue weighted by Gasteiger charge is 2.42. The zero-order valence-electron chi connectivity index (χ0n) is 8.00. The predicted molar refractivity (Wildman–Crippen MR) is 55.8 cm³/mol. The summed E-state index contributed by atoms with van der Waals surface area (Å²) in [6.07, 6.45) is 2.30. The van der Waals surface area contributed by atoms with Crippen LogP contribution in [0.2, 0.25) is 0 Å². The standard InChI is InChI=1S/C10H16BrNO/c1-7-4-9(7)10(13)12-3-2-8(5-11)6-12/h7-9H,2-6H2,1H3. The van der Waals surface area contributed by atoms with Crippen molar-refractivity contribution in [3.05, 3.63) is 0 Å². The monoisotopic (exact) mass is 245 g/mol. The number of carbonyl (C=O) groups excluding carboxylic acids is 1. The van der Waals surface area contributed by atoms with Gasteiger partial charge in [0.1, 0.15) is 0 Å². The van der Waals surface area contributed by atoms with Crippen molar-refractivity contribution in [2.24, 2.45) is 17.8 Å². The molecule has 1 amide bonds. The molecule has 0 spiro atoms. The highest BCUT2D eigenvalue weighted by atomic mass is 79.9. The van der Waals surface area contributed by atoms with Crippen molar-refractivity contribution in [2.45, 2.75) is 19.8 Å². The molecule has 13 heavy (non-hydrogen) atoms. The molecule has 0 aromatic heterocycles. The van der Waals surface area contributed by atoms with Gasteiger partial charge >= 0.3 is 0 Å². The summed E-state index contributed by atoms with van der Waals surface area (Å²) < 4.78 is 0. The van der Waals surface area contributed by atoms with E-state index < -0.39 is 0 Å². The van der Waals surface area contributed by atoms with Crippen LogP contribution in [-0.4, -0.2) is 29.2 Å². The molecule has 0 bridgehead atoms. The van der Waals surface area contributed by atoms with Crippen molar-refractivity contribution in [1.82, 2.24) is 4.90 Å². The van der Waals surface area contributed by atoms with Crippen molar-refractivity contribution < 1.29 is 4.79 Å². The topological polar surface area (TPSA) is 20.3 Å². The largest absolute Gasteiger partial charge is 0.342 e. The van der Waals surface area contributed by atoms with E-state index in [4.69, 9.17) is 0 Å². The van der Waals surface area contributed by atoms with Crippen LogP contribution in [0, 0.1) is 17.8 Å². The summed E-state index contributed by atoms with van der Waals surface area (Å²) in [5.74, 6) is 2.12. The fourth-order valence-electron chi connectivity index (χ4n) is 2.06. The minimum atomic E-state index is 0.370. The van der Waals surface area contributed by atoms with E-state index in [0.29, 0.717) is 23.7 Å². The van der Waals surface area contributed by atoms with Crippen molar-refractivity contribution >= 4 is 21.8 Å². The lowest BCUT2D eigenvalue weighted by atomic mass is 10.2. The minimum absolute atomic E-state index is 0.370. The Morgan fingerprint density at radius 2 is 2.31 bits per heavy atom. The maximum atomic E-state index is 11.8. The third kappa shape index (κ3) is 1.90. The molecule has 1 aliphatic carbocycles. The molecule has 1 heterocycles. The average Bonchev–Trinajstić information content (AvgIpc) is 2.70. The number of halogens is 1. The van der Waals surface area contributed by atoms with Gasteiger partial charge in [-0.2, -0.15) is 0 Å². The van der Waals surface area contributed by atoms with Crippen LogP contribution in [0.3, 0.4) is 0 Å². The third-order valence-corrected chi connectivity index (χ3v) is 4.16. The summed E-state index contributed by atoms with van der Waals surface area (Å²) in [7, 11) is 0. The van der Waals surface area contributed by atoms with E-state index in [0.717, 1.165) is 24.8 Å². The zero-order chi connectivity index (χ0) is 9.42. The van der Waals surface area contributed by atoms with Crippen molar-refractivity contribution in [2.75, 3.05) is 18.4 Å². The van der Waals surface area contributed by atoms with Crippen molar-refractivity contribution in [1.29, 1.82) is 0 Å². The highest BCUT2D eigenvalue weighted by molar-refractivity contribution is 9.09. The second kappa shape index (κ2) is 3.60. The van der Waals surface area contributed by atoms with Crippen LogP contribution >= 0.6 is 15.9 Å². The van der Waals surface area contributed by atoms with Gasteiger partial charge in [-0.1, -0.05) is 22.9 Å². The summed E-state index contributed by atoms with van der Waals surface area (Å²) in [4.78, 5) is 13.8. The molecule has 3 atom stereocenters. The molecule has 1 saturated carbocycles. The Hall–Kier alpha value is -0.0500.